The molecular weight excluding hydrogens is 328 g/mol. The van der Waals surface area contributed by atoms with Crippen LogP contribution in [0.2, 0.25) is 5.02 Å². The molecule has 24 heavy (non-hydrogen) atoms. The molecule has 0 aliphatic heterocycles. The van der Waals surface area contributed by atoms with Crippen LogP contribution in [0, 0.1) is 6.92 Å². The zero-order chi connectivity index (χ0) is 17.4. The number of nitrogens with one attached hydrogen (secondary N) is 2. The van der Waals surface area contributed by atoms with Crippen molar-refractivity contribution in [3.8, 4) is 11.5 Å². The van der Waals surface area contributed by atoms with Gasteiger partial charge >= 0.3 is 0 Å². The number of hydrogen-bond acceptors (Lipinski definition) is 4. The number of rotatable bonds is 8. The molecule has 0 saturated heterocycles. The second kappa shape index (κ2) is 9.15. The summed E-state index contributed by atoms with van der Waals surface area (Å²) in [7, 11) is 1.59. The summed E-state index contributed by atoms with van der Waals surface area (Å²) in [4.78, 5) is 11.8. The van der Waals surface area contributed by atoms with Gasteiger partial charge in [0, 0.05) is 18.7 Å². The number of carbonyl (C=O) groups is 1. The number of benzene rings is 2. The van der Waals surface area contributed by atoms with E-state index in [9.17, 15) is 4.79 Å². The summed E-state index contributed by atoms with van der Waals surface area (Å²) < 4.78 is 10.8. The highest BCUT2D eigenvalue weighted by atomic mass is 35.5. The third kappa shape index (κ3) is 5.76. The highest BCUT2D eigenvalue weighted by Gasteiger charge is 2.08. The standard InChI is InChI=1S/C18H21ClN2O3/c1-13-4-3-5-15(10-13)24-17-7-6-14(19)11-16(17)21-12-18(22)20-8-9-23-2/h3-7,10-11,21H,8-9,12H2,1-2H3,(H,20,22). The Balaban J connectivity index is 2.03. The maximum absolute atomic E-state index is 11.8. The molecule has 1 amide bonds. The first-order valence-electron chi connectivity index (χ1n) is 7.62. The maximum atomic E-state index is 11.8. The number of amides is 1. The summed E-state index contributed by atoms with van der Waals surface area (Å²) in [5, 5.41) is 6.36. The smallest absolute Gasteiger partial charge is 0.239 e. The van der Waals surface area contributed by atoms with E-state index in [-0.39, 0.29) is 12.5 Å². The van der Waals surface area contributed by atoms with Crippen LogP contribution in [0.3, 0.4) is 0 Å². The van der Waals surface area contributed by atoms with Gasteiger partial charge in [0.05, 0.1) is 18.8 Å². The molecule has 2 aromatic rings. The fourth-order valence-corrected chi connectivity index (χ4v) is 2.24. The van der Waals surface area contributed by atoms with Crippen LogP contribution in [0.4, 0.5) is 5.69 Å². The van der Waals surface area contributed by atoms with E-state index in [0.29, 0.717) is 29.6 Å². The molecule has 2 aromatic carbocycles. The lowest BCUT2D eigenvalue weighted by Gasteiger charge is -2.14. The average molecular weight is 349 g/mol. The largest absolute Gasteiger partial charge is 0.455 e. The Hall–Kier alpha value is -2.24. The van der Waals surface area contributed by atoms with Crippen molar-refractivity contribution in [3.63, 3.8) is 0 Å². The molecular formula is C18H21ClN2O3. The maximum Gasteiger partial charge on any atom is 0.239 e. The Morgan fingerprint density at radius 3 is 2.79 bits per heavy atom. The summed E-state index contributed by atoms with van der Waals surface area (Å²) >= 11 is 6.05. The Morgan fingerprint density at radius 2 is 2.04 bits per heavy atom. The monoisotopic (exact) mass is 348 g/mol. The second-order valence-corrected chi connectivity index (χ2v) is 5.69. The second-order valence-electron chi connectivity index (χ2n) is 5.26. The van der Waals surface area contributed by atoms with E-state index in [4.69, 9.17) is 21.1 Å². The SMILES string of the molecule is COCCNC(=O)CNc1cc(Cl)ccc1Oc1cccc(C)c1. The molecule has 0 atom stereocenters. The fourth-order valence-electron chi connectivity index (χ4n) is 2.07. The lowest BCUT2D eigenvalue weighted by molar-refractivity contribution is -0.119. The van der Waals surface area contributed by atoms with Gasteiger partial charge in [0.15, 0.2) is 5.75 Å². The van der Waals surface area contributed by atoms with Crippen LogP contribution in [0.1, 0.15) is 5.56 Å². The zero-order valence-corrected chi connectivity index (χ0v) is 14.5. The first kappa shape index (κ1) is 18.1. The minimum Gasteiger partial charge on any atom is -0.455 e. The van der Waals surface area contributed by atoms with Crippen LogP contribution in [0.5, 0.6) is 11.5 Å². The van der Waals surface area contributed by atoms with E-state index < -0.39 is 0 Å². The summed E-state index contributed by atoms with van der Waals surface area (Å²) in [6.45, 7) is 3.07. The zero-order valence-electron chi connectivity index (χ0n) is 13.8. The van der Waals surface area contributed by atoms with Gasteiger partial charge in [0.25, 0.3) is 0 Å². The van der Waals surface area contributed by atoms with E-state index in [0.717, 1.165) is 11.3 Å². The summed E-state index contributed by atoms with van der Waals surface area (Å²) in [6.07, 6.45) is 0. The quantitative estimate of drug-likeness (QED) is 0.715. The topological polar surface area (TPSA) is 59.6 Å². The van der Waals surface area contributed by atoms with Crippen LogP contribution in [0.25, 0.3) is 0 Å². The highest BCUT2D eigenvalue weighted by Crippen LogP contribution is 2.32. The van der Waals surface area contributed by atoms with Gasteiger partial charge in [-0.2, -0.15) is 0 Å². The number of carbonyl (C=O) groups excluding carboxylic acids is 1. The van der Waals surface area contributed by atoms with Crippen molar-refractivity contribution < 1.29 is 14.3 Å². The van der Waals surface area contributed by atoms with E-state index in [1.807, 2.05) is 31.2 Å². The van der Waals surface area contributed by atoms with Crippen LogP contribution in [-0.2, 0) is 9.53 Å². The molecule has 0 fully saturated rings. The van der Waals surface area contributed by atoms with Gasteiger partial charge in [0.1, 0.15) is 5.75 Å². The van der Waals surface area contributed by atoms with Gasteiger partial charge < -0.3 is 20.1 Å². The number of aryl methyl sites for hydroxylation is 1. The molecule has 2 N–H and O–H groups in total. The number of hydrogen-bond donors (Lipinski definition) is 2. The molecule has 6 heteroatoms. The van der Waals surface area contributed by atoms with Crippen molar-refractivity contribution in [2.45, 2.75) is 6.92 Å². The van der Waals surface area contributed by atoms with E-state index in [1.54, 1.807) is 25.3 Å². The number of halogens is 1. The predicted molar refractivity (Wildman–Crippen MR) is 96.1 cm³/mol. The molecule has 2 rings (SSSR count). The van der Waals surface area contributed by atoms with Crippen molar-refractivity contribution in [1.82, 2.24) is 5.32 Å². The van der Waals surface area contributed by atoms with E-state index >= 15 is 0 Å². The Morgan fingerprint density at radius 1 is 1.21 bits per heavy atom. The summed E-state index contributed by atoms with van der Waals surface area (Å²) in [6, 6.07) is 13.0. The first-order chi connectivity index (χ1) is 11.6. The van der Waals surface area contributed by atoms with Crippen LogP contribution >= 0.6 is 11.6 Å². The number of anilines is 1. The molecule has 0 aliphatic carbocycles. The third-order valence-electron chi connectivity index (χ3n) is 3.23. The minimum absolute atomic E-state index is 0.119. The molecule has 0 saturated carbocycles. The number of ether oxygens (including phenoxy) is 2. The molecule has 0 spiro atoms. The molecule has 0 aromatic heterocycles. The van der Waals surface area contributed by atoms with Crippen molar-refractivity contribution in [3.05, 3.63) is 53.1 Å². The molecule has 5 nitrogen and oxygen atoms in total. The normalized spacial score (nSPS) is 10.3. The average Bonchev–Trinajstić information content (AvgIpc) is 2.55. The predicted octanol–water partition coefficient (Wildman–Crippen LogP) is 3.62. The van der Waals surface area contributed by atoms with Crippen LogP contribution in [0.15, 0.2) is 42.5 Å². The molecule has 0 aliphatic rings. The van der Waals surface area contributed by atoms with Gasteiger partial charge in [-0.1, -0.05) is 23.7 Å². The van der Waals surface area contributed by atoms with Gasteiger partial charge in [-0.15, -0.1) is 0 Å². The van der Waals surface area contributed by atoms with Crippen LogP contribution < -0.4 is 15.4 Å². The van der Waals surface area contributed by atoms with E-state index in [2.05, 4.69) is 10.6 Å². The molecule has 128 valence electrons. The van der Waals surface area contributed by atoms with Gasteiger partial charge in [-0.05, 0) is 42.8 Å². The lowest BCUT2D eigenvalue weighted by atomic mass is 10.2. The third-order valence-corrected chi connectivity index (χ3v) is 3.46. The molecule has 0 radical (unpaired) electrons. The fraction of sp³-hybridized carbons (Fsp3) is 0.278. The van der Waals surface area contributed by atoms with E-state index in [1.165, 1.54) is 0 Å². The van der Waals surface area contributed by atoms with Crippen molar-refractivity contribution >= 4 is 23.2 Å². The van der Waals surface area contributed by atoms with Gasteiger partial charge in [-0.25, -0.2) is 0 Å². The Bertz CT molecular complexity index is 692. The number of methoxy groups -OCH3 is 1. The van der Waals surface area contributed by atoms with Crippen molar-refractivity contribution in [2.24, 2.45) is 0 Å². The van der Waals surface area contributed by atoms with Crippen LogP contribution in [-0.4, -0.2) is 32.7 Å². The minimum atomic E-state index is -0.131. The molecule has 0 bridgehead atoms. The van der Waals surface area contributed by atoms with Crippen molar-refractivity contribution in [1.29, 1.82) is 0 Å². The highest BCUT2D eigenvalue weighted by molar-refractivity contribution is 6.30. The summed E-state index contributed by atoms with van der Waals surface area (Å²) in [5.41, 5.74) is 1.76. The molecule has 0 unspecified atom stereocenters. The lowest BCUT2D eigenvalue weighted by Crippen LogP contribution is -2.32. The molecule has 0 heterocycles. The van der Waals surface area contributed by atoms with Gasteiger partial charge in [-0.3, -0.25) is 4.79 Å². The first-order valence-corrected chi connectivity index (χ1v) is 8.00. The summed E-state index contributed by atoms with van der Waals surface area (Å²) in [5.74, 6) is 1.20. The Kier molecular flexibility index (Phi) is 6.90. The van der Waals surface area contributed by atoms with Crippen molar-refractivity contribution in [2.75, 3.05) is 32.1 Å². The van der Waals surface area contributed by atoms with Gasteiger partial charge in [0.2, 0.25) is 5.91 Å². The Labute approximate surface area is 146 Å².